The lowest BCUT2D eigenvalue weighted by atomic mass is 10.2. The molecule has 0 aliphatic rings. The molecule has 1 aromatic carbocycles. The topological polar surface area (TPSA) is 101 Å². The average molecular weight is 328 g/mol. The molecule has 0 spiro atoms. The van der Waals surface area contributed by atoms with E-state index in [-0.39, 0.29) is 33.7 Å². The fraction of sp³-hybridized carbons (Fsp3) is 0.333. The molecule has 0 amide bonds. The lowest BCUT2D eigenvalue weighted by Gasteiger charge is -2.08. The average Bonchev–Trinajstić information content (AvgIpc) is 2.32. The molecule has 0 aliphatic heterocycles. The van der Waals surface area contributed by atoms with Crippen molar-refractivity contribution in [1.82, 2.24) is 4.72 Å². The molecule has 0 unspecified atom stereocenters. The molecule has 1 rings (SSSR count). The second kappa shape index (κ2) is 6.38. The van der Waals surface area contributed by atoms with Crippen LogP contribution in [0.25, 0.3) is 0 Å². The summed E-state index contributed by atoms with van der Waals surface area (Å²) in [6.07, 6.45) is 0. The Bertz CT molecular complexity index is 591. The maximum atomic E-state index is 11.2. The Labute approximate surface area is 120 Å². The highest BCUT2D eigenvalue weighted by Crippen LogP contribution is 2.33. The Morgan fingerprint density at radius 1 is 1.32 bits per heavy atom. The first-order valence-electron chi connectivity index (χ1n) is 5.05. The summed E-state index contributed by atoms with van der Waals surface area (Å²) < 4.78 is 24.5. The van der Waals surface area contributed by atoms with Crippen molar-refractivity contribution in [1.29, 1.82) is 0 Å². The quantitative estimate of drug-likeness (QED) is 0.613. The minimum Gasteiger partial charge on any atom is -0.378 e. The van der Waals surface area contributed by atoms with Crippen LogP contribution in [-0.2, 0) is 10.0 Å². The van der Waals surface area contributed by atoms with Gasteiger partial charge in [0.2, 0.25) is 10.0 Å². The molecule has 0 aliphatic carbocycles. The first-order chi connectivity index (χ1) is 8.76. The van der Waals surface area contributed by atoms with Crippen LogP contribution in [0.2, 0.25) is 10.0 Å². The normalized spacial score (nSPS) is 11.3. The van der Waals surface area contributed by atoms with Gasteiger partial charge in [0.05, 0.1) is 20.7 Å². The summed E-state index contributed by atoms with van der Waals surface area (Å²) in [4.78, 5) is 10.2. The first-order valence-corrected chi connectivity index (χ1v) is 7.46. The fourth-order valence-electron chi connectivity index (χ4n) is 1.25. The summed E-state index contributed by atoms with van der Waals surface area (Å²) in [5, 5.41) is 13.7. The van der Waals surface area contributed by atoms with Crippen molar-refractivity contribution in [2.75, 3.05) is 24.7 Å². The molecular formula is C9H11Cl2N3O4S. The summed E-state index contributed by atoms with van der Waals surface area (Å²) in [6, 6.07) is 2.40. The van der Waals surface area contributed by atoms with E-state index in [4.69, 9.17) is 23.2 Å². The van der Waals surface area contributed by atoms with E-state index < -0.39 is 14.9 Å². The number of sulfonamides is 1. The smallest absolute Gasteiger partial charge is 0.293 e. The molecule has 0 atom stereocenters. The summed E-state index contributed by atoms with van der Waals surface area (Å²) in [5.74, 6) is -0.221. The summed E-state index contributed by atoms with van der Waals surface area (Å²) >= 11 is 11.5. The zero-order valence-corrected chi connectivity index (χ0v) is 12.1. The van der Waals surface area contributed by atoms with Gasteiger partial charge in [-0.15, -0.1) is 0 Å². The number of halogens is 2. The molecule has 2 N–H and O–H groups in total. The van der Waals surface area contributed by atoms with Crippen molar-refractivity contribution in [2.45, 2.75) is 0 Å². The lowest BCUT2D eigenvalue weighted by molar-refractivity contribution is -0.383. The number of hydrogen-bond acceptors (Lipinski definition) is 5. The Kier molecular flexibility index (Phi) is 5.36. The molecule has 7 nitrogen and oxygen atoms in total. The van der Waals surface area contributed by atoms with Gasteiger partial charge in [-0.3, -0.25) is 10.1 Å². The number of hydrogen-bond donors (Lipinski definition) is 2. The number of nitro groups is 1. The maximum Gasteiger partial charge on any atom is 0.293 e. The standard InChI is InChI=1S/C9H11Cl2N3O4S/c1-12-19(17,18)3-2-13-8-4-6(10)7(11)5-9(8)14(15)16/h4-5,12-13H,2-3H2,1H3. The van der Waals surface area contributed by atoms with Gasteiger partial charge in [-0.2, -0.15) is 0 Å². The minimum absolute atomic E-state index is 0.00196. The van der Waals surface area contributed by atoms with Crippen molar-refractivity contribution >= 4 is 44.6 Å². The molecule has 0 saturated carbocycles. The molecule has 10 heteroatoms. The molecule has 0 radical (unpaired) electrons. The number of nitrogens with zero attached hydrogens (tertiary/aromatic N) is 1. The van der Waals surface area contributed by atoms with Crippen LogP contribution in [-0.4, -0.2) is 32.7 Å². The predicted molar refractivity (Wildman–Crippen MR) is 74.5 cm³/mol. The highest BCUT2D eigenvalue weighted by molar-refractivity contribution is 7.89. The van der Waals surface area contributed by atoms with Crippen molar-refractivity contribution in [3.8, 4) is 0 Å². The molecule has 0 heterocycles. The van der Waals surface area contributed by atoms with Gasteiger partial charge in [0.25, 0.3) is 5.69 Å². The zero-order valence-electron chi connectivity index (χ0n) is 9.81. The van der Waals surface area contributed by atoms with Crippen molar-refractivity contribution in [3.05, 3.63) is 32.3 Å². The monoisotopic (exact) mass is 327 g/mol. The molecule has 0 aromatic heterocycles. The van der Waals surface area contributed by atoms with Crippen LogP contribution >= 0.6 is 23.2 Å². The van der Waals surface area contributed by atoms with Crippen LogP contribution in [0.4, 0.5) is 11.4 Å². The number of nitro benzene ring substituents is 1. The van der Waals surface area contributed by atoms with Gasteiger partial charge in [-0.05, 0) is 13.1 Å². The highest BCUT2D eigenvalue weighted by atomic mass is 35.5. The van der Waals surface area contributed by atoms with Gasteiger partial charge in [0.1, 0.15) is 5.69 Å². The van der Waals surface area contributed by atoms with Gasteiger partial charge in [0, 0.05) is 12.6 Å². The number of rotatable bonds is 6. The number of anilines is 1. The highest BCUT2D eigenvalue weighted by Gasteiger charge is 2.17. The van der Waals surface area contributed by atoms with Crippen molar-refractivity contribution in [3.63, 3.8) is 0 Å². The number of benzene rings is 1. The summed E-state index contributed by atoms with van der Waals surface area (Å²) in [7, 11) is -2.09. The SMILES string of the molecule is CNS(=O)(=O)CCNc1cc(Cl)c(Cl)cc1[N+](=O)[O-]. The Morgan fingerprint density at radius 3 is 2.42 bits per heavy atom. The predicted octanol–water partition coefficient (Wildman–Crippen LogP) is 1.86. The van der Waals surface area contributed by atoms with E-state index in [0.717, 1.165) is 6.07 Å². The van der Waals surface area contributed by atoms with E-state index in [9.17, 15) is 18.5 Å². The Hall–Kier alpha value is -1.09. The minimum atomic E-state index is -3.38. The van der Waals surface area contributed by atoms with Gasteiger partial charge in [-0.1, -0.05) is 23.2 Å². The molecular weight excluding hydrogens is 317 g/mol. The second-order valence-electron chi connectivity index (χ2n) is 3.49. The third-order valence-electron chi connectivity index (χ3n) is 2.23. The van der Waals surface area contributed by atoms with Crippen LogP contribution in [0.5, 0.6) is 0 Å². The summed E-state index contributed by atoms with van der Waals surface area (Å²) in [6.45, 7) is 0.00196. The molecule has 106 valence electrons. The number of nitrogens with one attached hydrogen (secondary N) is 2. The van der Waals surface area contributed by atoms with E-state index in [1.807, 2.05) is 0 Å². The van der Waals surface area contributed by atoms with Gasteiger partial charge >= 0.3 is 0 Å². The van der Waals surface area contributed by atoms with Crippen LogP contribution < -0.4 is 10.0 Å². The van der Waals surface area contributed by atoms with Crippen molar-refractivity contribution < 1.29 is 13.3 Å². The molecule has 1 aromatic rings. The first kappa shape index (κ1) is 16.0. The van der Waals surface area contributed by atoms with Crippen LogP contribution in [0, 0.1) is 10.1 Å². The van der Waals surface area contributed by atoms with Crippen LogP contribution in [0.1, 0.15) is 0 Å². The maximum absolute atomic E-state index is 11.2. The molecule has 0 bridgehead atoms. The Morgan fingerprint density at radius 2 is 1.89 bits per heavy atom. The van der Waals surface area contributed by atoms with Gasteiger partial charge in [0.15, 0.2) is 0 Å². The molecule has 0 saturated heterocycles. The fourth-order valence-corrected chi connectivity index (χ4v) is 2.15. The van der Waals surface area contributed by atoms with Gasteiger partial charge in [-0.25, -0.2) is 13.1 Å². The third kappa shape index (κ3) is 4.50. The van der Waals surface area contributed by atoms with Gasteiger partial charge < -0.3 is 5.32 Å². The second-order valence-corrected chi connectivity index (χ2v) is 6.35. The zero-order chi connectivity index (χ0) is 14.6. The molecule has 19 heavy (non-hydrogen) atoms. The van der Waals surface area contributed by atoms with E-state index in [1.54, 1.807) is 0 Å². The van der Waals surface area contributed by atoms with E-state index in [0.29, 0.717) is 0 Å². The Balaban J connectivity index is 2.89. The summed E-state index contributed by atoms with van der Waals surface area (Å²) in [5.41, 5.74) is -0.151. The van der Waals surface area contributed by atoms with E-state index >= 15 is 0 Å². The van der Waals surface area contributed by atoms with Crippen LogP contribution in [0.15, 0.2) is 12.1 Å². The van der Waals surface area contributed by atoms with E-state index in [2.05, 4.69) is 10.0 Å². The molecule has 0 fully saturated rings. The van der Waals surface area contributed by atoms with Crippen molar-refractivity contribution in [2.24, 2.45) is 0 Å². The lowest BCUT2D eigenvalue weighted by Crippen LogP contribution is -2.26. The third-order valence-corrected chi connectivity index (χ3v) is 4.32. The van der Waals surface area contributed by atoms with Crippen LogP contribution in [0.3, 0.4) is 0 Å². The van der Waals surface area contributed by atoms with E-state index in [1.165, 1.54) is 13.1 Å². The largest absolute Gasteiger partial charge is 0.378 e.